The topological polar surface area (TPSA) is 58.6 Å². The first-order valence-corrected chi connectivity index (χ1v) is 5.69. The number of rotatable bonds is 5. The molecule has 0 heterocycles. The molecular weight excluding hydrogens is 230 g/mol. The molecule has 18 heavy (non-hydrogen) atoms. The van der Waals surface area contributed by atoms with Crippen molar-refractivity contribution < 1.29 is 14.6 Å². The highest BCUT2D eigenvalue weighted by molar-refractivity contribution is 5.82. The highest BCUT2D eigenvalue weighted by atomic mass is 16.5. The van der Waals surface area contributed by atoms with Gasteiger partial charge in [-0.1, -0.05) is 18.1 Å². The van der Waals surface area contributed by atoms with E-state index in [4.69, 9.17) is 11.2 Å². The van der Waals surface area contributed by atoms with Gasteiger partial charge in [0.05, 0.1) is 13.2 Å². The summed E-state index contributed by atoms with van der Waals surface area (Å²) >= 11 is 0. The number of nitrogens with one attached hydrogen (secondary N) is 1. The van der Waals surface area contributed by atoms with Gasteiger partial charge in [-0.25, -0.2) is 4.79 Å². The fourth-order valence-corrected chi connectivity index (χ4v) is 1.61. The Morgan fingerprint density at radius 3 is 2.89 bits per heavy atom. The van der Waals surface area contributed by atoms with Gasteiger partial charge < -0.3 is 9.84 Å². The van der Waals surface area contributed by atoms with Gasteiger partial charge in [0, 0.05) is 0 Å². The highest BCUT2D eigenvalue weighted by Gasteiger charge is 2.36. The third kappa shape index (κ3) is 3.02. The number of carbonyl (C=O) groups is 1. The van der Waals surface area contributed by atoms with E-state index in [1.807, 2.05) is 0 Å². The molecule has 0 aliphatic heterocycles. The number of hydrogen-bond donors (Lipinski definition) is 2. The quantitative estimate of drug-likeness (QED) is 0.610. The van der Waals surface area contributed by atoms with Gasteiger partial charge in [0.15, 0.2) is 0 Å². The lowest BCUT2D eigenvalue weighted by Gasteiger charge is -2.28. The smallest absolute Gasteiger partial charge is 0.330 e. The van der Waals surface area contributed by atoms with Crippen molar-refractivity contribution >= 4 is 5.97 Å². The summed E-state index contributed by atoms with van der Waals surface area (Å²) in [6.45, 7) is 3.93. The van der Waals surface area contributed by atoms with Gasteiger partial charge in [-0.15, -0.1) is 6.42 Å². The van der Waals surface area contributed by atoms with Crippen LogP contribution >= 0.6 is 0 Å². The molecule has 1 aromatic carbocycles. The normalized spacial score (nSPS) is 13.4. The molecule has 4 heteroatoms. The first kappa shape index (κ1) is 14.1. The summed E-state index contributed by atoms with van der Waals surface area (Å²) in [4.78, 5) is 12.0. The first-order valence-electron chi connectivity index (χ1n) is 5.69. The molecule has 0 aliphatic carbocycles. The van der Waals surface area contributed by atoms with E-state index in [1.54, 1.807) is 26.0 Å². The number of aromatic hydroxyl groups is 1. The molecule has 0 aliphatic rings. The van der Waals surface area contributed by atoms with Gasteiger partial charge in [0.25, 0.3) is 0 Å². The molecule has 1 atom stereocenters. The summed E-state index contributed by atoms with van der Waals surface area (Å²) in [6.07, 6.45) is 5.20. The number of phenols is 1. The Hall–Kier alpha value is -1.99. The fourth-order valence-electron chi connectivity index (χ4n) is 1.61. The Kier molecular flexibility index (Phi) is 4.75. The van der Waals surface area contributed by atoms with Gasteiger partial charge >= 0.3 is 5.97 Å². The minimum absolute atomic E-state index is 0.0885. The zero-order valence-corrected chi connectivity index (χ0v) is 10.6. The van der Waals surface area contributed by atoms with E-state index in [0.29, 0.717) is 5.56 Å². The van der Waals surface area contributed by atoms with E-state index in [1.165, 1.54) is 12.1 Å². The summed E-state index contributed by atoms with van der Waals surface area (Å²) in [5.74, 6) is 2.09. The number of phenolic OH excluding ortho intramolecular Hbond substituents is 1. The zero-order valence-electron chi connectivity index (χ0n) is 10.6. The van der Waals surface area contributed by atoms with Crippen molar-refractivity contribution in [3.05, 3.63) is 29.8 Å². The molecule has 0 saturated heterocycles. The summed E-state index contributed by atoms with van der Waals surface area (Å²) in [6, 6.07) is 6.45. The fraction of sp³-hybridized carbons (Fsp3) is 0.357. The maximum absolute atomic E-state index is 12.0. The summed E-state index contributed by atoms with van der Waals surface area (Å²) in [7, 11) is 0. The van der Waals surface area contributed by atoms with E-state index >= 15 is 0 Å². The standard InChI is InChI=1S/C14H17NO3/c1-4-9-15-14(3,13(17)18-5-2)11-7-6-8-12(16)10-11/h1,6-8,10,15-16H,5,9H2,2-3H3. The molecule has 1 rings (SSSR count). The molecule has 4 nitrogen and oxygen atoms in total. The molecule has 0 aromatic heterocycles. The van der Waals surface area contributed by atoms with Crippen molar-refractivity contribution in [3.8, 4) is 18.1 Å². The van der Waals surface area contributed by atoms with Gasteiger partial charge in [-0.05, 0) is 31.5 Å². The van der Waals surface area contributed by atoms with Crippen LogP contribution in [0.25, 0.3) is 0 Å². The lowest BCUT2D eigenvalue weighted by Crippen LogP contribution is -2.47. The molecule has 0 saturated carbocycles. The number of terminal acetylenes is 1. The number of benzene rings is 1. The Morgan fingerprint density at radius 1 is 1.61 bits per heavy atom. The summed E-state index contributed by atoms with van der Waals surface area (Å²) in [5.41, 5.74) is -0.461. The molecule has 2 N–H and O–H groups in total. The molecule has 1 aromatic rings. The van der Waals surface area contributed by atoms with Crippen LogP contribution in [0.4, 0.5) is 0 Å². The molecule has 0 bridgehead atoms. The van der Waals surface area contributed by atoms with Crippen molar-refractivity contribution in [1.29, 1.82) is 0 Å². The third-order valence-electron chi connectivity index (χ3n) is 2.65. The van der Waals surface area contributed by atoms with Crippen LogP contribution in [0.3, 0.4) is 0 Å². The van der Waals surface area contributed by atoms with Crippen molar-refractivity contribution in [3.63, 3.8) is 0 Å². The minimum Gasteiger partial charge on any atom is -0.508 e. The molecule has 1 unspecified atom stereocenters. The van der Waals surface area contributed by atoms with E-state index in [-0.39, 0.29) is 18.9 Å². The minimum atomic E-state index is -1.07. The van der Waals surface area contributed by atoms with E-state index in [0.717, 1.165) is 0 Å². The molecule has 0 spiro atoms. The van der Waals surface area contributed by atoms with E-state index < -0.39 is 11.5 Å². The highest BCUT2D eigenvalue weighted by Crippen LogP contribution is 2.25. The average molecular weight is 247 g/mol. The lowest BCUT2D eigenvalue weighted by molar-refractivity contribution is -0.150. The third-order valence-corrected chi connectivity index (χ3v) is 2.65. The number of ether oxygens (including phenoxy) is 1. The Labute approximate surface area is 107 Å². The van der Waals surface area contributed by atoms with Crippen molar-refractivity contribution in [2.75, 3.05) is 13.2 Å². The SMILES string of the molecule is C#CCNC(C)(C(=O)OCC)c1cccc(O)c1. The van der Waals surface area contributed by atoms with Crippen molar-refractivity contribution in [1.82, 2.24) is 5.32 Å². The van der Waals surface area contributed by atoms with Crippen LogP contribution in [0.5, 0.6) is 5.75 Å². The zero-order chi connectivity index (χ0) is 13.6. The van der Waals surface area contributed by atoms with Gasteiger partial charge in [-0.2, -0.15) is 0 Å². The summed E-state index contributed by atoms with van der Waals surface area (Å²) < 4.78 is 5.05. The maximum Gasteiger partial charge on any atom is 0.330 e. The second-order valence-electron chi connectivity index (χ2n) is 3.95. The van der Waals surface area contributed by atoms with E-state index in [2.05, 4.69) is 11.2 Å². The van der Waals surface area contributed by atoms with Gasteiger partial charge in [0.1, 0.15) is 11.3 Å². The van der Waals surface area contributed by atoms with Crippen LogP contribution in [0, 0.1) is 12.3 Å². The molecule has 0 radical (unpaired) electrons. The van der Waals surface area contributed by atoms with Crippen molar-refractivity contribution in [2.24, 2.45) is 0 Å². The van der Waals surface area contributed by atoms with Crippen LogP contribution in [-0.2, 0) is 15.1 Å². The summed E-state index contributed by atoms with van der Waals surface area (Å²) in [5, 5.41) is 12.4. The Morgan fingerprint density at radius 2 is 2.33 bits per heavy atom. The predicted octanol–water partition coefficient (Wildman–Crippen LogP) is 1.39. The van der Waals surface area contributed by atoms with Crippen LogP contribution < -0.4 is 5.32 Å². The monoisotopic (exact) mass is 247 g/mol. The molecular formula is C14H17NO3. The van der Waals surface area contributed by atoms with Gasteiger partial charge in [0.2, 0.25) is 0 Å². The van der Waals surface area contributed by atoms with Crippen LogP contribution in [-0.4, -0.2) is 24.2 Å². The van der Waals surface area contributed by atoms with Crippen LogP contribution in [0.1, 0.15) is 19.4 Å². The lowest BCUT2D eigenvalue weighted by atomic mass is 9.91. The molecule has 96 valence electrons. The largest absolute Gasteiger partial charge is 0.508 e. The average Bonchev–Trinajstić information content (AvgIpc) is 2.36. The number of hydrogen-bond acceptors (Lipinski definition) is 4. The molecule has 0 fully saturated rings. The van der Waals surface area contributed by atoms with Crippen molar-refractivity contribution in [2.45, 2.75) is 19.4 Å². The van der Waals surface area contributed by atoms with E-state index in [9.17, 15) is 9.90 Å². The maximum atomic E-state index is 12.0. The Balaban J connectivity index is 3.11. The number of carbonyl (C=O) groups excluding carboxylic acids is 1. The Bertz CT molecular complexity index is 464. The second kappa shape index (κ2) is 6.08. The predicted molar refractivity (Wildman–Crippen MR) is 68.9 cm³/mol. The van der Waals surface area contributed by atoms with Gasteiger partial charge in [-0.3, -0.25) is 5.32 Å². The number of esters is 1. The van der Waals surface area contributed by atoms with Crippen LogP contribution in [0.15, 0.2) is 24.3 Å². The molecule has 0 amide bonds. The van der Waals surface area contributed by atoms with Crippen LogP contribution in [0.2, 0.25) is 0 Å². The first-order chi connectivity index (χ1) is 8.54. The second-order valence-corrected chi connectivity index (χ2v) is 3.95.